The van der Waals surface area contributed by atoms with Gasteiger partial charge in [0, 0.05) is 20.1 Å². The van der Waals surface area contributed by atoms with Crippen LogP contribution < -0.4 is 5.69 Å². The number of aromatic nitrogens is 3. The first-order valence-corrected chi connectivity index (χ1v) is 7.19. The van der Waals surface area contributed by atoms with Crippen molar-refractivity contribution in [2.45, 2.75) is 30.8 Å². The number of likely N-dealkylation sites (tertiary alicyclic amines) is 1. The van der Waals surface area contributed by atoms with E-state index < -0.39 is 0 Å². The lowest BCUT2D eigenvalue weighted by Gasteiger charge is -2.19. The summed E-state index contributed by atoms with van der Waals surface area (Å²) in [4.78, 5) is 25.1. The zero-order valence-electron chi connectivity index (χ0n) is 10.5. The number of amides is 1. The zero-order chi connectivity index (χ0) is 13.0. The molecule has 1 fully saturated rings. The first-order chi connectivity index (χ1) is 8.68. The van der Waals surface area contributed by atoms with Crippen LogP contribution >= 0.6 is 11.8 Å². The van der Waals surface area contributed by atoms with Gasteiger partial charge < -0.3 is 4.90 Å². The van der Waals surface area contributed by atoms with Gasteiger partial charge in [-0.25, -0.2) is 9.89 Å². The molecule has 1 aliphatic rings. The van der Waals surface area contributed by atoms with Crippen LogP contribution in [0.2, 0.25) is 0 Å². The average molecular weight is 270 g/mol. The van der Waals surface area contributed by atoms with Gasteiger partial charge in [-0.3, -0.25) is 9.36 Å². The highest BCUT2D eigenvalue weighted by Gasteiger charge is 2.16. The highest BCUT2D eigenvalue weighted by Crippen LogP contribution is 2.15. The second-order valence-corrected chi connectivity index (χ2v) is 5.40. The summed E-state index contributed by atoms with van der Waals surface area (Å²) in [6, 6.07) is 0. The molecule has 1 aliphatic heterocycles. The second-order valence-electron chi connectivity index (χ2n) is 4.45. The summed E-state index contributed by atoms with van der Waals surface area (Å²) in [5.41, 5.74) is -0.250. The Morgan fingerprint density at radius 2 is 2.00 bits per heavy atom. The minimum atomic E-state index is -0.250. The van der Waals surface area contributed by atoms with Crippen molar-refractivity contribution in [1.82, 2.24) is 19.7 Å². The largest absolute Gasteiger partial charge is 0.343 e. The fraction of sp³-hybridized carbons (Fsp3) is 0.727. The van der Waals surface area contributed by atoms with Crippen molar-refractivity contribution in [3.63, 3.8) is 0 Å². The van der Waals surface area contributed by atoms with E-state index in [4.69, 9.17) is 0 Å². The molecule has 0 aromatic carbocycles. The monoisotopic (exact) mass is 270 g/mol. The minimum Gasteiger partial charge on any atom is -0.342 e. The highest BCUT2D eigenvalue weighted by molar-refractivity contribution is 7.99. The number of carbonyl (C=O) groups is 1. The van der Waals surface area contributed by atoms with Crippen LogP contribution in [0.5, 0.6) is 0 Å². The third-order valence-electron chi connectivity index (χ3n) is 3.12. The van der Waals surface area contributed by atoms with E-state index >= 15 is 0 Å². The molecule has 1 aromatic heterocycles. The van der Waals surface area contributed by atoms with Crippen LogP contribution in [0.15, 0.2) is 9.95 Å². The molecule has 2 rings (SSSR count). The van der Waals surface area contributed by atoms with E-state index in [9.17, 15) is 9.59 Å². The molecule has 0 unspecified atom stereocenters. The summed E-state index contributed by atoms with van der Waals surface area (Å²) in [6.45, 7) is 1.72. The fourth-order valence-corrected chi connectivity index (χ4v) is 2.82. The Balaban J connectivity index is 1.87. The Hall–Kier alpha value is -1.24. The number of thioether (sulfide) groups is 1. The smallest absolute Gasteiger partial charge is 0.342 e. The van der Waals surface area contributed by atoms with E-state index in [-0.39, 0.29) is 11.6 Å². The van der Waals surface area contributed by atoms with Crippen molar-refractivity contribution in [3.8, 4) is 0 Å². The van der Waals surface area contributed by atoms with Crippen LogP contribution in [-0.4, -0.2) is 44.4 Å². The van der Waals surface area contributed by atoms with Gasteiger partial charge >= 0.3 is 5.69 Å². The molecule has 0 radical (unpaired) electrons. The van der Waals surface area contributed by atoms with Gasteiger partial charge in [0.1, 0.15) is 0 Å². The Bertz CT molecular complexity index is 460. The summed E-state index contributed by atoms with van der Waals surface area (Å²) in [7, 11) is 1.64. The first-order valence-electron chi connectivity index (χ1n) is 6.20. The minimum absolute atomic E-state index is 0.136. The molecule has 0 atom stereocenters. The fourth-order valence-electron chi connectivity index (χ4n) is 2.00. The molecule has 2 heterocycles. The lowest BCUT2D eigenvalue weighted by Crippen LogP contribution is -2.33. The number of aromatic amines is 1. The number of hydrogen-bond donors (Lipinski definition) is 1. The number of carbonyl (C=O) groups excluding carboxylic acids is 1. The van der Waals surface area contributed by atoms with Gasteiger partial charge in [-0.1, -0.05) is 24.6 Å². The third-order valence-corrected chi connectivity index (χ3v) is 4.14. The molecule has 18 heavy (non-hydrogen) atoms. The van der Waals surface area contributed by atoms with Crippen molar-refractivity contribution in [3.05, 3.63) is 10.5 Å². The van der Waals surface area contributed by atoms with Crippen molar-refractivity contribution in [2.24, 2.45) is 7.05 Å². The Kier molecular flexibility index (Phi) is 4.46. The lowest BCUT2D eigenvalue weighted by atomic mass is 10.2. The molecule has 7 heteroatoms. The Labute approximate surface area is 110 Å². The topological polar surface area (TPSA) is 71.0 Å². The van der Waals surface area contributed by atoms with E-state index in [1.165, 1.54) is 29.2 Å². The predicted molar refractivity (Wildman–Crippen MR) is 69.6 cm³/mol. The number of H-pyrrole nitrogens is 1. The summed E-state index contributed by atoms with van der Waals surface area (Å²) >= 11 is 1.31. The van der Waals surface area contributed by atoms with E-state index in [1.54, 1.807) is 7.05 Å². The third kappa shape index (κ3) is 3.16. The molecule has 0 aliphatic carbocycles. The molecule has 0 bridgehead atoms. The number of nitrogens with zero attached hydrogens (tertiary/aromatic N) is 3. The van der Waals surface area contributed by atoms with E-state index in [0.29, 0.717) is 10.9 Å². The van der Waals surface area contributed by atoms with E-state index in [0.717, 1.165) is 25.9 Å². The zero-order valence-corrected chi connectivity index (χ0v) is 11.3. The highest BCUT2D eigenvalue weighted by atomic mass is 32.2. The van der Waals surface area contributed by atoms with Crippen LogP contribution in [0.25, 0.3) is 0 Å². The molecule has 1 aromatic rings. The predicted octanol–water partition coefficient (Wildman–Crippen LogP) is 0.603. The molecule has 1 amide bonds. The normalized spacial score (nSPS) is 16.6. The van der Waals surface area contributed by atoms with Gasteiger partial charge in [0.2, 0.25) is 5.91 Å². The Morgan fingerprint density at radius 1 is 1.33 bits per heavy atom. The number of rotatable bonds is 3. The van der Waals surface area contributed by atoms with Gasteiger partial charge in [-0.2, -0.15) is 0 Å². The standard InChI is InChI=1S/C11H18N4O2S/c1-14-10(17)12-13-11(14)18-8-9(16)15-6-4-2-3-5-7-15/h2-8H2,1H3,(H,12,17). The number of hydrogen-bond acceptors (Lipinski definition) is 4. The second kappa shape index (κ2) is 6.08. The first kappa shape index (κ1) is 13.2. The SMILES string of the molecule is Cn1c(SCC(=O)N2CCCCCC2)n[nH]c1=O. The van der Waals surface area contributed by atoms with E-state index in [1.807, 2.05) is 4.90 Å². The molecule has 6 nitrogen and oxygen atoms in total. The van der Waals surface area contributed by atoms with Crippen molar-refractivity contribution >= 4 is 17.7 Å². The maximum absolute atomic E-state index is 12.0. The van der Waals surface area contributed by atoms with Gasteiger partial charge in [-0.15, -0.1) is 5.10 Å². The number of nitrogens with one attached hydrogen (secondary N) is 1. The molecule has 1 saturated heterocycles. The molecule has 0 spiro atoms. The molecule has 100 valence electrons. The molecule has 0 saturated carbocycles. The summed E-state index contributed by atoms with van der Waals surface area (Å²) < 4.78 is 1.42. The summed E-state index contributed by atoms with van der Waals surface area (Å²) in [6.07, 6.45) is 4.62. The van der Waals surface area contributed by atoms with Gasteiger partial charge in [0.25, 0.3) is 0 Å². The quantitative estimate of drug-likeness (QED) is 0.817. The molecule has 1 N–H and O–H groups in total. The van der Waals surface area contributed by atoms with Gasteiger partial charge in [0.15, 0.2) is 5.16 Å². The summed E-state index contributed by atoms with van der Waals surface area (Å²) in [5, 5.41) is 6.79. The van der Waals surface area contributed by atoms with Crippen LogP contribution in [0.3, 0.4) is 0 Å². The molecular weight excluding hydrogens is 252 g/mol. The van der Waals surface area contributed by atoms with Gasteiger partial charge in [0.05, 0.1) is 5.75 Å². The van der Waals surface area contributed by atoms with Crippen molar-refractivity contribution in [1.29, 1.82) is 0 Å². The maximum atomic E-state index is 12.0. The van der Waals surface area contributed by atoms with Crippen LogP contribution in [-0.2, 0) is 11.8 Å². The maximum Gasteiger partial charge on any atom is 0.343 e. The molecular formula is C11H18N4O2S. The average Bonchev–Trinajstić information content (AvgIpc) is 2.63. The lowest BCUT2D eigenvalue weighted by molar-refractivity contribution is -0.128. The van der Waals surface area contributed by atoms with E-state index in [2.05, 4.69) is 10.2 Å². The Morgan fingerprint density at radius 3 is 2.56 bits per heavy atom. The van der Waals surface area contributed by atoms with Crippen LogP contribution in [0.1, 0.15) is 25.7 Å². The van der Waals surface area contributed by atoms with Crippen LogP contribution in [0.4, 0.5) is 0 Å². The van der Waals surface area contributed by atoms with Crippen LogP contribution in [0, 0.1) is 0 Å². The van der Waals surface area contributed by atoms with Gasteiger partial charge in [-0.05, 0) is 12.8 Å². The summed E-state index contributed by atoms with van der Waals surface area (Å²) in [5.74, 6) is 0.482. The van der Waals surface area contributed by atoms with Crippen molar-refractivity contribution in [2.75, 3.05) is 18.8 Å². The van der Waals surface area contributed by atoms with Crippen molar-refractivity contribution < 1.29 is 4.79 Å².